The van der Waals surface area contributed by atoms with Crippen molar-refractivity contribution in [2.45, 2.75) is 19.0 Å². The third-order valence-corrected chi connectivity index (χ3v) is 5.86. The minimum atomic E-state index is -3.53. The van der Waals surface area contributed by atoms with Gasteiger partial charge in [0.15, 0.2) is 11.5 Å². The van der Waals surface area contributed by atoms with Crippen LogP contribution in [0, 0.1) is 0 Å². The van der Waals surface area contributed by atoms with E-state index in [0.29, 0.717) is 34.8 Å². The summed E-state index contributed by atoms with van der Waals surface area (Å²) in [7, 11) is -2.03. The molecular formula is C21H24N2O6S. The summed E-state index contributed by atoms with van der Waals surface area (Å²) in [6, 6.07) is 9.56. The van der Waals surface area contributed by atoms with Crippen molar-refractivity contribution in [2.75, 3.05) is 25.7 Å². The predicted octanol–water partition coefficient (Wildman–Crippen LogP) is 1.86. The summed E-state index contributed by atoms with van der Waals surface area (Å²) in [5, 5.41) is 0. The number of primary amides is 1. The molecule has 1 aliphatic rings. The maximum absolute atomic E-state index is 13.2. The normalized spacial score (nSPS) is 16.8. The first kappa shape index (κ1) is 21.6. The molecule has 0 spiro atoms. The van der Waals surface area contributed by atoms with Gasteiger partial charge in [0.25, 0.3) is 5.91 Å². The zero-order valence-electron chi connectivity index (χ0n) is 17.0. The molecule has 0 aromatic heterocycles. The van der Waals surface area contributed by atoms with Crippen molar-refractivity contribution in [1.82, 2.24) is 4.90 Å². The van der Waals surface area contributed by atoms with E-state index in [1.807, 2.05) is 6.92 Å². The number of hydrogen-bond acceptors (Lipinski definition) is 6. The first-order valence-electron chi connectivity index (χ1n) is 9.37. The summed E-state index contributed by atoms with van der Waals surface area (Å²) < 4.78 is 35.4. The van der Waals surface area contributed by atoms with Crippen LogP contribution in [0.5, 0.6) is 11.5 Å². The van der Waals surface area contributed by atoms with Gasteiger partial charge in [-0.1, -0.05) is 24.3 Å². The van der Waals surface area contributed by atoms with E-state index in [-0.39, 0.29) is 5.75 Å². The number of benzene rings is 2. The number of nitrogens with zero attached hydrogens (tertiary/aromatic N) is 1. The Morgan fingerprint density at radius 3 is 2.50 bits per heavy atom. The van der Waals surface area contributed by atoms with Crippen LogP contribution in [0.15, 0.2) is 42.5 Å². The van der Waals surface area contributed by atoms with Gasteiger partial charge in [0, 0.05) is 11.8 Å². The highest BCUT2D eigenvalue weighted by Gasteiger charge is 2.45. The Hall–Kier alpha value is -3.07. The van der Waals surface area contributed by atoms with Crippen molar-refractivity contribution in [3.63, 3.8) is 0 Å². The molecule has 0 saturated heterocycles. The number of ether oxygens (including phenoxy) is 2. The van der Waals surface area contributed by atoms with E-state index in [1.165, 1.54) is 12.0 Å². The zero-order chi connectivity index (χ0) is 22.1. The number of amides is 2. The van der Waals surface area contributed by atoms with Gasteiger partial charge in [-0.25, -0.2) is 8.42 Å². The number of rotatable bonds is 8. The van der Waals surface area contributed by atoms with E-state index < -0.39 is 33.7 Å². The molecule has 0 fully saturated rings. The summed E-state index contributed by atoms with van der Waals surface area (Å²) in [4.78, 5) is 26.8. The second kappa shape index (κ2) is 8.35. The highest BCUT2D eigenvalue weighted by atomic mass is 32.2. The van der Waals surface area contributed by atoms with Crippen molar-refractivity contribution in [3.05, 3.63) is 59.2 Å². The summed E-state index contributed by atoms with van der Waals surface area (Å²) in [5.74, 6) is -0.673. The summed E-state index contributed by atoms with van der Waals surface area (Å²) in [6.07, 6.45) is 1.08. The van der Waals surface area contributed by atoms with E-state index in [9.17, 15) is 18.0 Å². The molecule has 0 radical (unpaired) electrons. The van der Waals surface area contributed by atoms with Crippen molar-refractivity contribution < 1.29 is 27.5 Å². The van der Waals surface area contributed by atoms with Crippen LogP contribution in [0.2, 0.25) is 0 Å². The first-order valence-corrected chi connectivity index (χ1v) is 11.4. The molecule has 0 saturated carbocycles. The number of methoxy groups -OCH3 is 1. The average Bonchev–Trinajstić information content (AvgIpc) is 2.98. The highest BCUT2D eigenvalue weighted by molar-refractivity contribution is 7.90. The average molecular weight is 432 g/mol. The maximum atomic E-state index is 13.2. The van der Waals surface area contributed by atoms with Crippen molar-refractivity contribution in [1.29, 1.82) is 0 Å². The van der Waals surface area contributed by atoms with Crippen LogP contribution in [0.25, 0.3) is 0 Å². The highest BCUT2D eigenvalue weighted by Crippen LogP contribution is 2.42. The largest absolute Gasteiger partial charge is 0.493 e. The lowest BCUT2D eigenvalue weighted by atomic mass is 10.0. The summed E-state index contributed by atoms with van der Waals surface area (Å²) in [5.41, 5.74) is 6.94. The molecular weight excluding hydrogens is 408 g/mol. The second-order valence-electron chi connectivity index (χ2n) is 7.06. The third-order valence-electron chi connectivity index (χ3n) is 4.94. The number of nitrogens with two attached hydrogens (primary N) is 1. The van der Waals surface area contributed by atoms with E-state index in [1.54, 1.807) is 42.5 Å². The smallest absolute Gasteiger partial charge is 0.255 e. The van der Waals surface area contributed by atoms with E-state index in [0.717, 1.165) is 6.26 Å². The molecule has 8 nitrogen and oxygen atoms in total. The molecule has 2 N–H and O–H groups in total. The lowest BCUT2D eigenvalue weighted by Crippen LogP contribution is -2.41. The number of carbonyl (C=O) groups is 2. The molecule has 9 heteroatoms. The molecule has 0 aliphatic carbocycles. The number of carbonyl (C=O) groups excluding carboxylic acids is 2. The van der Waals surface area contributed by atoms with Gasteiger partial charge in [0.1, 0.15) is 15.9 Å². The third kappa shape index (κ3) is 4.11. The van der Waals surface area contributed by atoms with Gasteiger partial charge in [-0.15, -0.1) is 0 Å². The fraction of sp³-hybridized carbons (Fsp3) is 0.333. The summed E-state index contributed by atoms with van der Waals surface area (Å²) in [6.45, 7) is 2.18. The number of sulfone groups is 1. The van der Waals surface area contributed by atoms with Crippen molar-refractivity contribution in [2.24, 2.45) is 5.73 Å². The first-order chi connectivity index (χ1) is 14.2. The van der Waals surface area contributed by atoms with Gasteiger partial charge < -0.3 is 20.1 Å². The molecule has 1 heterocycles. The van der Waals surface area contributed by atoms with Crippen LogP contribution >= 0.6 is 0 Å². The Bertz CT molecular complexity index is 1080. The monoisotopic (exact) mass is 432 g/mol. The molecule has 3 rings (SSSR count). The fourth-order valence-corrected chi connectivity index (χ4v) is 4.67. The Morgan fingerprint density at radius 2 is 1.90 bits per heavy atom. The van der Waals surface area contributed by atoms with Crippen LogP contribution in [0.3, 0.4) is 0 Å². The Kier molecular flexibility index (Phi) is 6.02. The van der Waals surface area contributed by atoms with E-state index in [2.05, 4.69) is 0 Å². The second-order valence-corrected chi connectivity index (χ2v) is 9.24. The minimum Gasteiger partial charge on any atom is -0.493 e. The Morgan fingerprint density at radius 1 is 1.20 bits per heavy atom. The molecule has 2 atom stereocenters. The van der Waals surface area contributed by atoms with Crippen LogP contribution in [0.1, 0.15) is 40.5 Å². The topological polar surface area (TPSA) is 116 Å². The maximum Gasteiger partial charge on any atom is 0.255 e. The van der Waals surface area contributed by atoms with Crippen LogP contribution in [-0.2, 0) is 14.6 Å². The number of fused-ring (bicyclic) bond motifs is 1. The Labute approximate surface area is 175 Å². The van der Waals surface area contributed by atoms with Crippen LogP contribution in [0.4, 0.5) is 0 Å². The molecule has 0 bridgehead atoms. The van der Waals surface area contributed by atoms with Crippen molar-refractivity contribution in [3.8, 4) is 11.5 Å². The van der Waals surface area contributed by atoms with Gasteiger partial charge in [0.2, 0.25) is 5.91 Å². The minimum absolute atomic E-state index is 0.332. The van der Waals surface area contributed by atoms with Gasteiger partial charge in [-0.2, -0.15) is 0 Å². The van der Waals surface area contributed by atoms with Crippen molar-refractivity contribution >= 4 is 21.7 Å². The standard InChI is InChI=1S/C21H24N2O6S/c1-4-29-18-11-13(9-10-17(18)28-2)16(12-30(3,26)27)23-19(20(22)24)14-7-5-6-8-15(14)21(23)25/h5-11,16,19H,4,12H2,1-3H3,(H2,22,24)/t16-,19?/m1/s1. The molecule has 160 valence electrons. The SMILES string of the molecule is CCOc1cc([C@@H](CS(C)(=O)=O)N2C(=O)c3ccccc3C2C(N)=O)ccc1OC. The number of hydrogen-bond donors (Lipinski definition) is 1. The van der Waals surface area contributed by atoms with E-state index in [4.69, 9.17) is 15.2 Å². The quantitative estimate of drug-likeness (QED) is 0.681. The van der Waals surface area contributed by atoms with Gasteiger partial charge in [0.05, 0.1) is 25.5 Å². The molecule has 1 unspecified atom stereocenters. The zero-order valence-corrected chi connectivity index (χ0v) is 17.8. The van der Waals surface area contributed by atoms with Gasteiger partial charge in [-0.3, -0.25) is 9.59 Å². The molecule has 2 amide bonds. The molecule has 1 aliphatic heterocycles. The van der Waals surface area contributed by atoms with Crippen LogP contribution < -0.4 is 15.2 Å². The fourth-order valence-electron chi connectivity index (χ4n) is 3.74. The van der Waals surface area contributed by atoms with E-state index >= 15 is 0 Å². The van der Waals surface area contributed by atoms with Crippen LogP contribution in [-0.4, -0.2) is 50.9 Å². The van der Waals surface area contributed by atoms with Gasteiger partial charge in [-0.05, 0) is 36.2 Å². The molecule has 30 heavy (non-hydrogen) atoms. The predicted molar refractivity (Wildman–Crippen MR) is 111 cm³/mol. The lowest BCUT2D eigenvalue weighted by Gasteiger charge is -2.32. The Balaban J connectivity index is 2.17. The lowest BCUT2D eigenvalue weighted by molar-refractivity contribution is -0.123. The molecule has 2 aromatic rings. The molecule has 2 aromatic carbocycles. The van der Waals surface area contributed by atoms with Gasteiger partial charge >= 0.3 is 0 Å². The summed E-state index contributed by atoms with van der Waals surface area (Å²) >= 11 is 0.